The highest BCUT2D eigenvalue weighted by Crippen LogP contribution is 2.35. The molecule has 0 saturated heterocycles. The van der Waals surface area contributed by atoms with E-state index in [-0.39, 0.29) is 5.91 Å². The van der Waals surface area contributed by atoms with Gasteiger partial charge in [-0.3, -0.25) is 4.79 Å². The number of benzene rings is 2. The number of nitrogens with zero attached hydrogens (tertiary/aromatic N) is 3. The number of nitrogens with one attached hydrogen (secondary N) is 2. The first-order valence-corrected chi connectivity index (χ1v) is 10.1. The Kier molecular flexibility index (Phi) is 5.52. The van der Waals surface area contributed by atoms with Crippen molar-refractivity contribution in [1.82, 2.24) is 14.8 Å². The molecule has 1 amide bonds. The Labute approximate surface area is 175 Å². The van der Waals surface area contributed by atoms with Crippen molar-refractivity contribution >= 4 is 17.5 Å². The molecule has 1 aliphatic heterocycles. The van der Waals surface area contributed by atoms with E-state index >= 15 is 0 Å². The van der Waals surface area contributed by atoms with Gasteiger partial charge >= 0.3 is 0 Å². The smallest absolute Gasteiger partial charge is 0.255 e. The molecule has 0 bridgehead atoms. The molecular weight excluding hydrogens is 378 g/mol. The topological polar surface area (TPSA) is 81.1 Å². The van der Waals surface area contributed by atoms with Gasteiger partial charge in [0, 0.05) is 11.4 Å². The van der Waals surface area contributed by atoms with E-state index in [2.05, 4.69) is 27.6 Å². The molecule has 2 heterocycles. The van der Waals surface area contributed by atoms with Crippen molar-refractivity contribution in [2.45, 2.75) is 33.2 Å². The van der Waals surface area contributed by atoms with Crippen LogP contribution in [0.5, 0.6) is 5.75 Å². The molecule has 1 unspecified atom stereocenters. The molecule has 0 radical (unpaired) electrons. The summed E-state index contributed by atoms with van der Waals surface area (Å²) in [5, 5.41) is 10.6. The fourth-order valence-corrected chi connectivity index (χ4v) is 3.56. The normalized spacial score (nSPS) is 15.4. The predicted molar refractivity (Wildman–Crippen MR) is 117 cm³/mol. The summed E-state index contributed by atoms with van der Waals surface area (Å²) in [7, 11) is 0. The van der Waals surface area contributed by atoms with Gasteiger partial charge in [0.25, 0.3) is 5.91 Å². The van der Waals surface area contributed by atoms with Crippen LogP contribution in [0.4, 0.5) is 11.6 Å². The summed E-state index contributed by atoms with van der Waals surface area (Å²) in [6.07, 6.45) is 2.44. The van der Waals surface area contributed by atoms with Gasteiger partial charge in [0.05, 0.1) is 12.2 Å². The van der Waals surface area contributed by atoms with Crippen LogP contribution >= 0.6 is 0 Å². The van der Waals surface area contributed by atoms with Crippen molar-refractivity contribution in [3.8, 4) is 5.75 Å². The highest BCUT2D eigenvalue weighted by molar-refractivity contribution is 6.06. The van der Waals surface area contributed by atoms with Crippen molar-refractivity contribution < 1.29 is 9.53 Å². The second-order valence-corrected chi connectivity index (χ2v) is 7.28. The van der Waals surface area contributed by atoms with Gasteiger partial charge in [-0.1, -0.05) is 37.3 Å². The number of amides is 1. The maximum atomic E-state index is 13.4. The number of aryl methyl sites for hydroxylation is 1. The Morgan fingerprint density at radius 3 is 2.67 bits per heavy atom. The molecule has 7 nitrogen and oxygen atoms in total. The number of hydrogen-bond donors (Lipinski definition) is 2. The van der Waals surface area contributed by atoms with Crippen molar-refractivity contribution in [3.05, 3.63) is 77.3 Å². The van der Waals surface area contributed by atoms with E-state index in [1.807, 2.05) is 62.4 Å². The number of aromatic nitrogens is 3. The van der Waals surface area contributed by atoms with E-state index in [0.29, 0.717) is 18.1 Å². The van der Waals surface area contributed by atoms with Crippen LogP contribution in [0, 0.1) is 6.92 Å². The number of ether oxygens (including phenoxy) is 1. The number of carbonyl (C=O) groups excluding carboxylic acids is 1. The van der Waals surface area contributed by atoms with Crippen molar-refractivity contribution in [2.24, 2.45) is 0 Å². The monoisotopic (exact) mass is 403 g/mol. The Morgan fingerprint density at radius 1 is 1.17 bits per heavy atom. The van der Waals surface area contributed by atoms with E-state index in [1.165, 1.54) is 6.33 Å². The quantitative estimate of drug-likeness (QED) is 0.641. The molecule has 1 aliphatic rings. The summed E-state index contributed by atoms with van der Waals surface area (Å²) < 4.78 is 7.44. The third kappa shape index (κ3) is 3.78. The molecule has 30 heavy (non-hydrogen) atoms. The summed E-state index contributed by atoms with van der Waals surface area (Å²) in [5.41, 5.74) is 4.07. The van der Waals surface area contributed by atoms with Gasteiger partial charge in [-0.05, 0) is 49.6 Å². The zero-order valence-electron chi connectivity index (χ0n) is 17.3. The number of fused-ring (bicyclic) bond motifs is 1. The van der Waals surface area contributed by atoms with Gasteiger partial charge in [-0.15, -0.1) is 0 Å². The Morgan fingerprint density at radius 2 is 1.93 bits per heavy atom. The summed E-state index contributed by atoms with van der Waals surface area (Å²) >= 11 is 0. The standard InChI is InChI=1S/C23H25N5O2/c1-4-13-30-18-11-9-17(10-12-18)21-20(16(3)26-23-24-14-25-28(21)23)22(29)27-19-8-6-5-7-15(19)2/h5-12,14,21H,4,13H2,1-3H3,(H,27,29)(H,24,25,26). The lowest BCUT2D eigenvalue weighted by Crippen LogP contribution is -2.31. The van der Waals surface area contributed by atoms with E-state index < -0.39 is 6.04 Å². The number of para-hydroxylation sites is 1. The second kappa shape index (κ2) is 8.41. The van der Waals surface area contributed by atoms with Crippen LogP contribution in [-0.4, -0.2) is 27.3 Å². The fourth-order valence-electron chi connectivity index (χ4n) is 3.56. The average Bonchev–Trinajstić information content (AvgIpc) is 3.21. The van der Waals surface area contributed by atoms with E-state index in [1.54, 1.807) is 4.68 Å². The Hall–Kier alpha value is -3.61. The van der Waals surface area contributed by atoms with Crippen molar-refractivity contribution in [1.29, 1.82) is 0 Å². The van der Waals surface area contributed by atoms with Gasteiger partial charge in [0.2, 0.25) is 5.95 Å². The molecule has 2 N–H and O–H groups in total. The minimum absolute atomic E-state index is 0.174. The first-order chi connectivity index (χ1) is 14.6. The molecule has 3 aromatic rings. The third-order valence-corrected chi connectivity index (χ3v) is 5.10. The fraction of sp³-hybridized carbons (Fsp3) is 0.261. The van der Waals surface area contributed by atoms with Gasteiger partial charge in [0.15, 0.2) is 0 Å². The number of hydrogen-bond acceptors (Lipinski definition) is 5. The first kappa shape index (κ1) is 19.7. The van der Waals surface area contributed by atoms with Crippen LogP contribution in [0.25, 0.3) is 0 Å². The molecule has 2 aromatic carbocycles. The lowest BCUT2D eigenvalue weighted by molar-refractivity contribution is -0.113. The molecule has 4 rings (SSSR count). The van der Waals surface area contributed by atoms with Crippen LogP contribution in [0.1, 0.15) is 37.4 Å². The summed E-state index contributed by atoms with van der Waals surface area (Å²) in [4.78, 5) is 17.6. The molecule has 0 aliphatic carbocycles. The van der Waals surface area contributed by atoms with Crippen LogP contribution in [0.2, 0.25) is 0 Å². The zero-order chi connectivity index (χ0) is 21.1. The molecule has 0 spiro atoms. The van der Waals surface area contributed by atoms with Gasteiger partial charge in [-0.2, -0.15) is 10.1 Å². The molecule has 1 atom stereocenters. The van der Waals surface area contributed by atoms with Crippen LogP contribution in [0.3, 0.4) is 0 Å². The number of carbonyl (C=O) groups is 1. The third-order valence-electron chi connectivity index (χ3n) is 5.10. The van der Waals surface area contributed by atoms with Gasteiger partial charge in [-0.25, -0.2) is 4.68 Å². The maximum Gasteiger partial charge on any atom is 0.255 e. The minimum atomic E-state index is -0.395. The second-order valence-electron chi connectivity index (χ2n) is 7.28. The Bertz CT molecular complexity index is 1080. The van der Waals surface area contributed by atoms with E-state index in [0.717, 1.165) is 34.7 Å². The molecule has 0 fully saturated rings. The highest BCUT2D eigenvalue weighted by atomic mass is 16.5. The lowest BCUT2D eigenvalue weighted by atomic mass is 9.95. The highest BCUT2D eigenvalue weighted by Gasteiger charge is 2.33. The molecule has 0 saturated carbocycles. The van der Waals surface area contributed by atoms with E-state index in [9.17, 15) is 4.79 Å². The number of allylic oxidation sites excluding steroid dienone is 1. The lowest BCUT2D eigenvalue weighted by Gasteiger charge is -2.29. The summed E-state index contributed by atoms with van der Waals surface area (Å²) in [5.74, 6) is 1.24. The zero-order valence-corrected chi connectivity index (χ0v) is 17.3. The molecule has 7 heteroatoms. The SMILES string of the molecule is CCCOc1ccc(C2C(C(=O)Nc3ccccc3C)=C(C)Nc3ncnn32)cc1. The Balaban J connectivity index is 1.70. The van der Waals surface area contributed by atoms with Crippen molar-refractivity contribution in [2.75, 3.05) is 17.2 Å². The summed E-state index contributed by atoms with van der Waals surface area (Å²) in [6, 6.07) is 15.1. The van der Waals surface area contributed by atoms with Crippen LogP contribution in [-0.2, 0) is 4.79 Å². The number of rotatable bonds is 6. The van der Waals surface area contributed by atoms with Gasteiger partial charge in [0.1, 0.15) is 18.1 Å². The summed E-state index contributed by atoms with van der Waals surface area (Å²) in [6.45, 7) is 6.60. The van der Waals surface area contributed by atoms with Crippen LogP contribution < -0.4 is 15.4 Å². The minimum Gasteiger partial charge on any atom is -0.494 e. The molecule has 154 valence electrons. The average molecular weight is 403 g/mol. The maximum absolute atomic E-state index is 13.4. The largest absolute Gasteiger partial charge is 0.494 e. The van der Waals surface area contributed by atoms with Crippen LogP contribution in [0.15, 0.2) is 66.1 Å². The molecule has 1 aromatic heterocycles. The predicted octanol–water partition coefficient (Wildman–Crippen LogP) is 4.30. The van der Waals surface area contributed by atoms with Gasteiger partial charge < -0.3 is 15.4 Å². The van der Waals surface area contributed by atoms with Crippen molar-refractivity contribution in [3.63, 3.8) is 0 Å². The number of anilines is 2. The van der Waals surface area contributed by atoms with E-state index in [4.69, 9.17) is 4.74 Å². The molecular formula is C23H25N5O2. The first-order valence-electron chi connectivity index (χ1n) is 10.1.